The lowest BCUT2D eigenvalue weighted by Crippen LogP contribution is -2.04. The van der Waals surface area contributed by atoms with Gasteiger partial charge in [-0.05, 0) is 39.5 Å². The Balaban J connectivity index is 2.52. The van der Waals surface area contributed by atoms with Crippen LogP contribution in [-0.4, -0.2) is 12.9 Å². The van der Waals surface area contributed by atoms with Crippen molar-refractivity contribution in [2.75, 3.05) is 12.8 Å². The maximum Gasteiger partial charge on any atom is 0.207 e. The minimum absolute atomic E-state index is 0.0870. The van der Waals surface area contributed by atoms with Crippen LogP contribution in [0.25, 0.3) is 0 Å². The average molecular weight is 312 g/mol. The van der Waals surface area contributed by atoms with Crippen molar-refractivity contribution in [3.8, 4) is 5.75 Å². The molecule has 1 aromatic carbocycles. The lowest BCUT2D eigenvalue weighted by atomic mass is 10.1. The summed E-state index contributed by atoms with van der Waals surface area (Å²) >= 11 is 4.73. The average Bonchev–Trinajstić information content (AvgIpc) is 2.74. The second-order valence-corrected chi connectivity index (χ2v) is 5.13. The molecule has 1 heterocycles. The third kappa shape index (κ3) is 2.21. The Morgan fingerprint density at radius 1 is 1.41 bits per heavy atom. The predicted molar refractivity (Wildman–Crippen MR) is 72.9 cm³/mol. The molecule has 0 saturated carbocycles. The molecular formula is C12H10BrNO2S. The monoisotopic (exact) mass is 311 g/mol. The molecule has 1 aromatic heterocycles. The van der Waals surface area contributed by atoms with Crippen molar-refractivity contribution in [2.24, 2.45) is 0 Å². The molecular weight excluding hydrogens is 302 g/mol. The fourth-order valence-electron chi connectivity index (χ4n) is 1.54. The summed E-state index contributed by atoms with van der Waals surface area (Å²) < 4.78 is 5.97. The standard InChI is InChI=1S/C12H10BrNO2S/c1-16-11-7(3-2-4-9(11)14)10(15)12-8(13)5-6-17-12/h2-6H,14H2,1H3. The smallest absolute Gasteiger partial charge is 0.207 e. The number of para-hydroxylation sites is 1. The number of thiophene rings is 1. The third-order valence-electron chi connectivity index (χ3n) is 2.32. The van der Waals surface area contributed by atoms with Gasteiger partial charge in [-0.1, -0.05) is 6.07 Å². The number of ketones is 1. The fraction of sp³-hybridized carbons (Fsp3) is 0.0833. The fourth-order valence-corrected chi connectivity index (χ4v) is 3.04. The molecule has 0 fully saturated rings. The molecule has 5 heteroatoms. The highest BCUT2D eigenvalue weighted by Gasteiger charge is 2.19. The Morgan fingerprint density at radius 2 is 2.18 bits per heavy atom. The van der Waals surface area contributed by atoms with Crippen molar-refractivity contribution >= 4 is 38.7 Å². The molecule has 2 rings (SSSR count). The van der Waals surface area contributed by atoms with E-state index in [9.17, 15) is 4.79 Å². The molecule has 0 amide bonds. The van der Waals surface area contributed by atoms with E-state index in [0.717, 1.165) is 4.47 Å². The number of nitrogen functional groups attached to an aromatic ring is 1. The first kappa shape index (κ1) is 12.1. The van der Waals surface area contributed by atoms with E-state index in [1.807, 2.05) is 11.4 Å². The van der Waals surface area contributed by atoms with Crippen molar-refractivity contribution in [1.29, 1.82) is 0 Å². The van der Waals surface area contributed by atoms with Gasteiger partial charge < -0.3 is 10.5 Å². The summed E-state index contributed by atoms with van der Waals surface area (Å²) in [6, 6.07) is 7.01. The number of nitrogens with two attached hydrogens (primary N) is 1. The van der Waals surface area contributed by atoms with Gasteiger partial charge in [0.1, 0.15) is 0 Å². The van der Waals surface area contributed by atoms with Crippen LogP contribution < -0.4 is 10.5 Å². The minimum atomic E-state index is -0.0870. The van der Waals surface area contributed by atoms with Crippen LogP contribution in [0.4, 0.5) is 5.69 Å². The van der Waals surface area contributed by atoms with E-state index >= 15 is 0 Å². The van der Waals surface area contributed by atoms with Crippen molar-refractivity contribution in [2.45, 2.75) is 0 Å². The zero-order valence-electron chi connectivity index (χ0n) is 9.07. The largest absolute Gasteiger partial charge is 0.494 e. The van der Waals surface area contributed by atoms with Gasteiger partial charge >= 0.3 is 0 Å². The quantitative estimate of drug-likeness (QED) is 0.698. The minimum Gasteiger partial charge on any atom is -0.494 e. The highest BCUT2D eigenvalue weighted by molar-refractivity contribution is 9.10. The maximum atomic E-state index is 12.3. The Morgan fingerprint density at radius 3 is 2.76 bits per heavy atom. The molecule has 0 bridgehead atoms. The number of anilines is 1. The molecule has 0 aliphatic heterocycles. The molecule has 17 heavy (non-hydrogen) atoms. The van der Waals surface area contributed by atoms with E-state index < -0.39 is 0 Å². The zero-order chi connectivity index (χ0) is 12.4. The van der Waals surface area contributed by atoms with E-state index in [4.69, 9.17) is 10.5 Å². The Labute approximate surface area is 111 Å². The van der Waals surface area contributed by atoms with E-state index in [0.29, 0.717) is 21.9 Å². The Kier molecular flexibility index (Phi) is 3.49. The van der Waals surface area contributed by atoms with Crippen molar-refractivity contribution in [1.82, 2.24) is 0 Å². The van der Waals surface area contributed by atoms with Gasteiger partial charge in [-0.2, -0.15) is 0 Å². The normalized spacial score (nSPS) is 10.2. The summed E-state index contributed by atoms with van der Waals surface area (Å²) in [5.74, 6) is 0.342. The van der Waals surface area contributed by atoms with Crippen LogP contribution in [0.2, 0.25) is 0 Å². The molecule has 2 aromatic rings. The zero-order valence-corrected chi connectivity index (χ0v) is 11.5. The van der Waals surface area contributed by atoms with Crippen LogP contribution in [0, 0.1) is 0 Å². The molecule has 0 radical (unpaired) electrons. The number of halogens is 1. The van der Waals surface area contributed by atoms with E-state index in [1.165, 1.54) is 18.4 Å². The number of hydrogen-bond acceptors (Lipinski definition) is 4. The van der Waals surface area contributed by atoms with E-state index in [1.54, 1.807) is 18.2 Å². The second-order valence-electron chi connectivity index (χ2n) is 3.35. The van der Waals surface area contributed by atoms with Crippen molar-refractivity contribution < 1.29 is 9.53 Å². The summed E-state index contributed by atoms with van der Waals surface area (Å²) in [4.78, 5) is 13.0. The Bertz CT molecular complexity index is 565. The number of ether oxygens (including phenoxy) is 1. The van der Waals surface area contributed by atoms with Crippen LogP contribution >= 0.6 is 27.3 Å². The number of hydrogen-bond donors (Lipinski definition) is 1. The SMILES string of the molecule is COc1c(N)cccc1C(=O)c1sccc1Br. The van der Waals surface area contributed by atoms with Gasteiger partial charge in [0, 0.05) is 4.47 Å². The molecule has 0 atom stereocenters. The predicted octanol–water partition coefficient (Wildman–Crippen LogP) is 3.33. The van der Waals surface area contributed by atoms with Crippen molar-refractivity contribution in [3.05, 3.63) is 44.6 Å². The van der Waals surface area contributed by atoms with Gasteiger partial charge in [0.15, 0.2) is 5.75 Å². The summed E-state index contributed by atoms with van der Waals surface area (Å²) in [6.07, 6.45) is 0. The highest BCUT2D eigenvalue weighted by Crippen LogP contribution is 2.32. The third-order valence-corrected chi connectivity index (χ3v) is 4.15. The van der Waals surface area contributed by atoms with Gasteiger partial charge in [-0.3, -0.25) is 4.79 Å². The molecule has 0 unspecified atom stereocenters. The van der Waals surface area contributed by atoms with Crippen LogP contribution in [0.15, 0.2) is 34.1 Å². The highest BCUT2D eigenvalue weighted by atomic mass is 79.9. The number of carbonyl (C=O) groups excluding carboxylic acids is 1. The van der Waals surface area contributed by atoms with Gasteiger partial charge in [0.2, 0.25) is 5.78 Å². The molecule has 88 valence electrons. The first-order valence-corrected chi connectivity index (χ1v) is 6.52. The summed E-state index contributed by atoms with van der Waals surface area (Å²) in [5.41, 5.74) is 6.72. The van der Waals surface area contributed by atoms with Crippen LogP contribution in [0.1, 0.15) is 15.2 Å². The number of carbonyl (C=O) groups is 1. The van der Waals surface area contributed by atoms with Gasteiger partial charge in [-0.15, -0.1) is 11.3 Å². The van der Waals surface area contributed by atoms with Crippen LogP contribution in [0.5, 0.6) is 5.75 Å². The van der Waals surface area contributed by atoms with Crippen LogP contribution in [-0.2, 0) is 0 Å². The first-order chi connectivity index (χ1) is 8.15. The van der Waals surface area contributed by atoms with Crippen LogP contribution in [0.3, 0.4) is 0 Å². The molecule has 3 nitrogen and oxygen atoms in total. The molecule has 0 spiro atoms. The van der Waals surface area contributed by atoms with E-state index in [-0.39, 0.29) is 5.78 Å². The number of benzene rings is 1. The second kappa shape index (κ2) is 4.89. The Hall–Kier alpha value is -1.33. The topological polar surface area (TPSA) is 52.3 Å². The lowest BCUT2D eigenvalue weighted by Gasteiger charge is -2.09. The molecule has 0 aliphatic carbocycles. The molecule has 0 saturated heterocycles. The lowest BCUT2D eigenvalue weighted by molar-refractivity contribution is 0.103. The first-order valence-electron chi connectivity index (χ1n) is 4.85. The van der Waals surface area contributed by atoms with Crippen molar-refractivity contribution in [3.63, 3.8) is 0 Å². The number of rotatable bonds is 3. The van der Waals surface area contributed by atoms with Gasteiger partial charge in [0.25, 0.3) is 0 Å². The van der Waals surface area contributed by atoms with Gasteiger partial charge in [-0.25, -0.2) is 0 Å². The van der Waals surface area contributed by atoms with Gasteiger partial charge in [0.05, 0.1) is 23.2 Å². The van der Waals surface area contributed by atoms with E-state index in [2.05, 4.69) is 15.9 Å². The summed E-state index contributed by atoms with van der Waals surface area (Å²) in [5, 5.41) is 1.86. The molecule has 2 N–H and O–H groups in total. The summed E-state index contributed by atoms with van der Waals surface area (Å²) in [7, 11) is 1.51. The number of methoxy groups -OCH3 is 1. The molecule has 0 aliphatic rings. The maximum absolute atomic E-state index is 12.3. The summed E-state index contributed by atoms with van der Waals surface area (Å²) in [6.45, 7) is 0.